The summed E-state index contributed by atoms with van der Waals surface area (Å²) in [4.78, 5) is 5.17. The second-order valence-electron chi connectivity index (χ2n) is 12.1. The minimum absolute atomic E-state index is 0.519. The maximum Gasteiger partial charge on any atom is 0.137 e. The van der Waals surface area contributed by atoms with Crippen molar-refractivity contribution in [3.8, 4) is 11.1 Å². The Bertz CT molecular complexity index is 2490. The van der Waals surface area contributed by atoms with Crippen LogP contribution < -0.4 is 5.73 Å². The molecular weight excluding hydrogens is 623 g/mol. The average Bonchev–Trinajstić information content (AvgIpc) is 3.57. The van der Waals surface area contributed by atoms with Gasteiger partial charge in [-0.3, -0.25) is 5.41 Å². The van der Waals surface area contributed by atoms with Crippen LogP contribution in [-0.4, -0.2) is 11.4 Å². The Labute approximate surface area is 298 Å². The van der Waals surface area contributed by atoms with E-state index in [9.17, 15) is 0 Å². The summed E-state index contributed by atoms with van der Waals surface area (Å²) < 4.78 is 5.65. The predicted molar refractivity (Wildman–Crippen MR) is 215 cm³/mol. The molecule has 0 aliphatic heterocycles. The van der Waals surface area contributed by atoms with E-state index in [2.05, 4.69) is 72.8 Å². The summed E-state index contributed by atoms with van der Waals surface area (Å²) in [7, 11) is 0. The maximum atomic E-state index is 8.71. The van der Waals surface area contributed by atoms with Crippen LogP contribution in [0, 0.1) is 5.41 Å². The topological polar surface area (TPSA) is 75.4 Å². The van der Waals surface area contributed by atoms with Gasteiger partial charge in [0.2, 0.25) is 0 Å². The van der Waals surface area contributed by atoms with Crippen LogP contribution in [0.3, 0.4) is 0 Å². The predicted octanol–water partition coefficient (Wildman–Crippen LogP) is 11.8. The molecule has 51 heavy (non-hydrogen) atoms. The largest absolute Gasteiger partial charge is 0.456 e. The first-order valence-corrected chi connectivity index (χ1v) is 17.0. The smallest absolute Gasteiger partial charge is 0.137 e. The van der Waals surface area contributed by atoms with Crippen molar-refractivity contribution >= 4 is 44.7 Å². The van der Waals surface area contributed by atoms with Gasteiger partial charge in [-0.1, -0.05) is 152 Å². The SMILES string of the molecule is C/C=C(\N=C(c1ccccc1)c1cccc(-c2cccc(C(=N)c3ccccc3)c2)c1)c1ccccc1.Nc1ccc2c(c1)oc1ccccc12. The minimum atomic E-state index is 0.519. The molecule has 4 heteroatoms. The summed E-state index contributed by atoms with van der Waals surface area (Å²) in [5.41, 5.74) is 17.7. The molecule has 8 rings (SSSR count). The van der Waals surface area contributed by atoms with Gasteiger partial charge in [0.05, 0.1) is 17.1 Å². The number of benzene rings is 7. The van der Waals surface area contributed by atoms with E-state index in [1.807, 2.05) is 122 Å². The summed E-state index contributed by atoms with van der Waals surface area (Å²) in [6.07, 6.45) is 2.06. The Morgan fingerprint density at radius 2 is 1.04 bits per heavy atom. The number of aliphatic imine (C=N–C) groups is 1. The minimum Gasteiger partial charge on any atom is -0.456 e. The molecule has 1 aromatic heterocycles. The molecule has 0 atom stereocenters. The lowest BCUT2D eigenvalue weighted by molar-refractivity contribution is 0.669. The molecule has 3 N–H and O–H groups in total. The number of nitrogens with zero attached hydrogens (tertiary/aromatic N) is 1. The highest BCUT2D eigenvalue weighted by molar-refractivity contribution is 6.15. The molecule has 0 bridgehead atoms. The zero-order valence-electron chi connectivity index (χ0n) is 28.3. The molecule has 1 heterocycles. The molecule has 0 amide bonds. The van der Waals surface area contributed by atoms with E-state index >= 15 is 0 Å². The van der Waals surface area contributed by atoms with Crippen molar-refractivity contribution in [3.05, 3.63) is 216 Å². The van der Waals surface area contributed by atoms with Crippen molar-refractivity contribution < 1.29 is 4.42 Å². The number of nitrogens with one attached hydrogen (secondary N) is 1. The van der Waals surface area contributed by atoms with Crippen LogP contribution in [0.2, 0.25) is 0 Å². The zero-order chi connectivity index (χ0) is 35.0. The number of nitrogens with two attached hydrogens (primary N) is 1. The van der Waals surface area contributed by atoms with Gasteiger partial charge < -0.3 is 10.2 Å². The Balaban J connectivity index is 0.000000239. The Kier molecular flexibility index (Phi) is 9.75. The molecule has 0 fully saturated rings. The van der Waals surface area contributed by atoms with Gasteiger partial charge in [0.15, 0.2) is 0 Å². The van der Waals surface area contributed by atoms with Crippen LogP contribution >= 0.6 is 0 Å². The summed E-state index contributed by atoms with van der Waals surface area (Å²) in [5.74, 6) is 0. The lowest BCUT2D eigenvalue weighted by Gasteiger charge is -2.12. The molecule has 246 valence electrons. The molecule has 7 aromatic carbocycles. The number of rotatable bonds is 7. The quantitative estimate of drug-likeness (QED) is 0.132. The van der Waals surface area contributed by atoms with Gasteiger partial charge in [-0.05, 0) is 59.5 Å². The first-order chi connectivity index (χ1) is 25.1. The molecule has 0 spiro atoms. The van der Waals surface area contributed by atoms with Gasteiger partial charge in [0.25, 0.3) is 0 Å². The maximum absolute atomic E-state index is 8.71. The number of hydrogen-bond acceptors (Lipinski definition) is 4. The second kappa shape index (κ2) is 15.2. The number of fused-ring (bicyclic) bond motifs is 3. The van der Waals surface area contributed by atoms with E-state index in [1.54, 1.807) is 0 Å². The van der Waals surface area contributed by atoms with Gasteiger partial charge in [0, 0.05) is 39.2 Å². The van der Waals surface area contributed by atoms with Crippen LogP contribution in [-0.2, 0) is 0 Å². The third kappa shape index (κ3) is 7.46. The first kappa shape index (κ1) is 32.8. The van der Waals surface area contributed by atoms with E-state index in [0.717, 1.165) is 78.0 Å². The molecule has 0 radical (unpaired) electrons. The summed E-state index contributed by atoms with van der Waals surface area (Å²) in [6.45, 7) is 2.03. The highest BCUT2D eigenvalue weighted by Gasteiger charge is 2.12. The molecular formula is C47H37N3O. The first-order valence-electron chi connectivity index (χ1n) is 17.0. The number of anilines is 1. The number of allylic oxidation sites excluding steroid dienone is 1. The molecule has 0 aliphatic rings. The van der Waals surface area contributed by atoms with Crippen LogP contribution in [0.15, 0.2) is 197 Å². The van der Waals surface area contributed by atoms with Gasteiger partial charge >= 0.3 is 0 Å². The van der Waals surface area contributed by atoms with Crippen LogP contribution in [0.1, 0.15) is 34.7 Å². The van der Waals surface area contributed by atoms with E-state index in [-0.39, 0.29) is 0 Å². The Morgan fingerprint density at radius 1 is 0.510 bits per heavy atom. The fraction of sp³-hybridized carbons (Fsp3) is 0.0213. The molecule has 4 nitrogen and oxygen atoms in total. The molecule has 0 saturated heterocycles. The van der Waals surface area contributed by atoms with Gasteiger partial charge in [-0.2, -0.15) is 0 Å². The van der Waals surface area contributed by atoms with Gasteiger partial charge in [0.1, 0.15) is 11.2 Å². The molecule has 0 saturated carbocycles. The lowest BCUT2D eigenvalue weighted by Crippen LogP contribution is -2.04. The van der Waals surface area contributed by atoms with Crippen molar-refractivity contribution in [2.45, 2.75) is 6.92 Å². The van der Waals surface area contributed by atoms with E-state index in [0.29, 0.717) is 5.71 Å². The highest BCUT2D eigenvalue weighted by atomic mass is 16.3. The summed E-state index contributed by atoms with van der Waals surface area (Å²) in [5, 5.41) is 11.0. The highest BCUT2D eigenvalue weighted by Crippen LogP contribution is 2.30. The van der Waals surface area contributed by atoms with Crippen LogP contribution in [0.5, 0.6) is 0 Å². The number of para-hydroxylation sites is 1. The van der Waals surface area contributed by atoms with Crippen LogP contribution in [0.4, 0.5) is 5.69 Å². The molecule has 8 aromatic rings. The number of hydrogen-bond donors (Lipinski definition) is 2. The Morgan fingerprint density at radius 3 is 1.71 bits per heavy atom. The lowest BCUT2D eigenvalue weighted by atomic mass is 9.95. The summed E-state index contributed by atoms with van der Waals surface area (Å²) in [6, 6.07) is 60.9. The second-order valence-corrected chi connectivity index (χ2v) is 12.1. The van der Waals surface area contributed by atoms with Gasteiger partial charge in [-0.15, -0.1) is 0 Å². The van der Waals surface area contributed by atoms with Crippen molar-refractivity contribution in [2.24, 2.45) is 4.99 Å². The zero-order valence-corrected chi connectivity index (χ0v) is 28.3. The third-order valence-corrected chi connectivity index (χ3v) is 8.71. The van der Waals surface area contributed by atoms with Crippen LogP contribution in [0.25, 0.3) is 38.8 Å². The molecule has 0 unspecified atom stereocenters. The molecule has 0 aliphatic carbocycles. The fourth-order valence-corrected chi connectivity index (χ4v) is 6.13. The third-order valence-electron chi connectivity index (χ3n) is 8.71. The fourth-order valence-electron chi connectivity index (χ4n) is 6.13. The van der Waals surface area contributed by atoms with Crippen molar-refractivity contribution in [1.29, 1.82) is 5.41 Å². The van der Waals surface area contributed by atoms with E-state index in [1.165, 1.54) is 0 Å². The van der Waals surface area contributed by atoms with Crippen molar-refractivity contribution in [3.63, 3.8) is 0 Å². The Hall–Kier alpha value is -6.78. The van der Waals surface area contributed by atoms with E-state index < -0.39 is 0 Å². The average molecular weight is 660 g/mol. The van der Waals surface area contributed by atoms with Crippen molar-refractivity contribution in [2.75, 3.05) is 5.73 Å². The monoisotopic (exact) mass is 659 g/mol. The van der Waals surface area contributed by atoms with E-state index in [4.69, 9.17) is 20.6 Å². The standard InChI is InChI=1S/C35H28N2.C12H9NO/c1-2-33(26-14-6-3-7-15-26)37-35(28-18-10-5-11-19-28)32-23-13-21-30(25-32)29-20-12-22-31(24-29)34(36)27-16-8-4-9-17-27;13-8-5-6-10-9-3-1-2-4-11(9)14-12(10)7-8/h2-25,36H,1H3;1-7H,13H2/b33-2-,36-34?,37-35?;. The van der Waals surface area contributed by atoms with Gasteiger partial charge in [-0.25, -0.2) is 4.99 Å². The summed E-state index contributed by atoms with van der Waals surface area (Å²) >= 11 is 0. The normalized spacial score (nSPS) is 11.6. The number of furan rings is 1. The number of nitrogen functional groups attached to an aromatic ring is 1. The van der Waals surface area contributed by atoms with Crippen molar-refractivity contribution in [1.82, 2.24) is 0 Å².